The van der Waals surface area contributed by atoms with Gasteiger partial charge in [0, 0.05) is 10.6 Å². The van der Waals surface area contributed by atoms with E-state index in [4.69, 9.17) is 9.15 Å². The summed E-state index contributed by atoms with van der Waals surface area (Å²) in [7, 11) is 0.223. The maximum absolute atomic E-state index is 13.1. The molecule has 6 heteroatoms. The van der Waals surface area contributed by atoms with Crippen LogP contribution in [-0.2, 0) is 15.6 Å². The number of carbonyl (C=O) groups is 1. The molecule has 1 fully saturated rings. The Labute approximate surface area is 166 Å². The lowest BCUT2D eigenvalue weighted by molar-refractivity contribution is -0.130. The maximum atomic E-state index is 13.1. The highest BCUT2D eigenvalue weighted by molar-refractivity contribution is 7.85. The van der Waals surface area contributed by atoms with E-state index >= 15 is 0 Å². The van der Waals surface area contributed by atoms with Crippen LogP contribution >= 0.6 is 0 Å². The smallest absolute Gasteiger partial charge is 0.233 e. The van der Waals surface area contributed by atoms with Crippen molar-refractivity contribution in [1.29, 1.82) is 0 Å². The van der Waals surface area contributed by atoms with Crippen molar-refractivity contribution >= 4 is 22.4 Å². The van der Waals surface area contributed by atoms with Crippen molar-refractivity contribution in [2.75, 3.05) is 12.0 Å². The third kappa shape index (κ3) is 3.03. The second-order valence-electron chi connectivity index (χ2n) is 6.87. The molecule has 3 atom stereocenters. The Bertz CT molecular complexity index is 1020. The SMILES string of the molecule is COc1ccc(N2C(=O)[C@H](C)[C@H]2c2occc2[S@@](=O)c2ccc(C)cc2)cc1. The Morgan fingerprint density at radius 2 is 1.71 bits per heavy atom. The minimum atomic E-state index is -1.38. The van der Waals surface area contributed by atoms with Crippen molar-refractivity contribution in [3.05, 3.63) is 72.2 Å². The number of nitrogens with zero attached hydrogens (tertiary/aromatic N) is 1. The van der Waals surface area contributed by atoms with Gasteiger partial charge in [-0.1, -0.05) is 24.6 Å². The Morgan fingerprint density at radius 1 is 1.04 bits per heavy atom. The van der Waals surface area contributed by atoms with Gasteiger partial charge in [-0.15, -0.1) is 0 Å². The van der Waals surface area contributed by atoms with Gasteiger partial charge in [0.05, 0.1) is 35.0 Å². The minimum absolute atomic E-state index is 0.0126. The van der Waals surface area contributed by atoms with Crippen LogP contribution < -0.4 is 9.64 Å². The number of furan rings is 1. The lowest BCUT2D eigenvalue weighted by Crippen LogP contribution is -2.54. The van der Waals surface area contributed by atoms with E-state index in [9.17, 15) is 9.00 Å². The first-order chi connectivity index (χ1) is 13.5. The molecule has 3 aromatic rings. The number of hydrogen-bond acceptors (Lipinski definition) is 4. The molecule has 5 nitrogen and oxygen atoms in total. The molecular formula is C22H21NO4S. The van der Waals surface area contributed by atoms with E-state index in [1.54, 1.807) is 24.3 Å². The molecule has 0 aliphatic carbocycles. The van der Waals surface area contributed by atoms with Crippen molar-refractivity contribution in [2.24, 2.45) is 5.92 Å². The number of rotatable bonds is 5. The molecule has 1 aliphatic heterocycles. The Kier molecular flexibility index (Phi) is 4.81. The Balaban J connectivity index is 1.68. The quantitative estimate of drug-likeness (QED) is 0.598. The molecule has 0 unspecified atom stereocenters. The lowest BCUT2D eigenvalue weighted by Gasteiger charge is -2.44. The highest BCUT2D eigenvalue weighted by Gasteiger charge is 2.49. The molecule has 144 valence electrons. The molecule has 0 saturated carbocycles. The number of methoxy groups -OCH3 is 1. The normalized spacial score (nSPS) is 20.0. The lowest BCUT2D eigenvalue weighted by atomic mass is 9.86. The van der Waals surface area contributed by atoms with Gasteiger partial charge in [0.25, 0.3) is 0 Å². The first kappa shape index (κ1) is 18.5. The summed E-state index contributed by atoms with van der Waals surface area (Å²) in [6, 6.07) is 16.3. The molecule has 0 N–H and O–H groups in total. The van der Waals surface area contributed by atoms with E-state index in [0.29, 0.717) is 15.6 Å². The van der Waals surface area contributed by atoms with E-state index in [2.05, 4.69) is 0 Å². The second kappa shape index (κ2) is 7.28. The average Bonchev–Trinajstić information content (AvgIpc) is 3.20. The third-order valence-corrected chi connectivity index (χ3v) is 6.53. The van der Waals surface area contributed by atoms with Gasteiger partial charge < -0.3 is 14.1 Å². The summed E-state index contributed by atoms with van der Waals surface area (Å²) in [6.07, 6.45) is 1.54. The molecule has 28 heavy (non-hydrogen) atoms. The zero-order valence-corrected chi connectivity index (χ0v) is 16.7. The fraction of sp³-hybridized carbons (Fsp3) is 0.227. The van der Waals surface area contributed by atoms with Gasteiger partial charge >= 0.3 is 0 Å². The molecule has 1 amide bonds. The van der Waals surface area contributed by atoms with Gasteiger partial charge in [0.2, 0.25) is 5.91 Å². The minimum Gasteiger partial charge on any atom is -0.497 e. The number of carbonyl (C=O) groups excluding carboxylic acids is 1. The van der Waals surface area contributed by atoms with Crippen molar-refractivity contribution in [2.45, 2.75) is 29.7 Å². The summed E-state index contributed by atoms with van der Waals surface area (Å²) in [5.74, 6) is 1.06. The predicted molar refractivity (Wildman–Crippen MR) is 107 cm³/mol. The molecule has 1 aliphatic rings. The number of β-lactam (4-membered cyclic amide) rings is 1. The van der Waals surface area contributed by atoms with Crippen LogP contribution in [0.1, 0.15) is 24.3 Å². The summed E-state index contributed by atoms with van der Waals surface area (Å²) < 4.78 is 24.1. The maximum Gasteiger partial charge on any atom is 0.233 e. The van der Waals surface area contributed by atoms with Gasteiger partial charge in [-0.3, -0.25) is 4.79 Å². The first-order valence-electron chi connectivity index (χ1n) is 9.04. The zero-order chi connectivity index (χ0) is 19.8. The van der Waals surface area contributed by atoms with Gasteiger partial charge in [-0.25, -0.2) is 4.21 Å². The molecule has 0 bridgehead atoms. The van der Waals surface area contributed by atoms with Gasteiger partial charge in [0.15, 0.2) is 0 Å². The standard InChI is InChI=1S/C22H21NO4S/c1-14-4-10-18(11-5-14)28(25)19-12-13-27-21(19)20-15(2)22(24)23(20)16-6-8-17(26-3)9-7-16/h4-13,15,20H,1-3H3/t15-,20+,28+/m1/s1. The summed E-state index contributed by atoms with van der Waals surface area (Å²) in [5, 5.41) is 0. The van der Waals surface area contributed by atoms with Crippen molar-refractivity contribution in [3.8, 4) is 5.75 Å². The summed E-state index contributed by atoms with van der Waals surface area (Å²) in [4.78, 5) is 15.6. The Hall–Kier alpha value is -2.86. The van der Waals surface area contributed by atoms with Crippen LogP contribution in [0.15, 0.2) is 75.1 Å². The number of amides is 1. The van der Waals surface area contributed by atoms with Gasteiger partial charge in [-0.05, 0) is 49.4 Å². The first-order valence-corrected chi connectivity index (χ1v) is 10.2. The molecule has 2 aromatic carbocycles. The highest BCUT2D eigenvalue weighted by atomic mass is 32.2. The van der Waals surface area contributed by atoms with Crippen LogP contribution in [0.2, 0.25) is 0 Å². The molecule has 4 rings (SSSR count). The van der Waals surface area contributed by atoms with Crippen LogP contribution in [0.3, 0.4) is 0 Å². The monoisotopic (exact) mass is 395 g/mol. The molecule has 1 saturated heterocycles. The van der Waals surface area contributed by atoms with Crippen LogP contribution in [0.5, 0.6) is 5.75 Å². The van der Waals surface area contributed by atoms with E-state index in [1.165, 1.54) is 0 Å². The summed E-state index contributed by atoms with van der Waals surface area (Å²) in [5.41, 5.74) is 1.87. The number of hydrogen-bond donors (Lipinski definition) is 0. The highest BCUT2D eigenvalue weighted by Crippen LogP contribution is 2.45. The zero-order valence-electron chi connectivity index (χ0n) is 15.9. The predicted octanol–water partition coefficient (Wildman–Crippen LogP) is 4.49. The van der Waals surface area contributed by atoms with Crippen LogP contribution in [0.25, 0.3) is 0 Å². The van der Waals surface area contributed by atoms with Crippen molar-refractivity contribution < 1.29 is 18.2 Å². The Morgan fingerprint density at radius 3 is 2.36 bits per heavy atom. The molecular weight excluding hydrogens is 374 g/mol. The molecule has 0 spiro atoms. The average molecular weight is 395 g/mol. The van der Waals surface area contributed by atoms with Crippen molar-refractivity contribution in [1.82, 2.24) is 0 Å². The van der Waals surface area contributed by atoms with E-state index in [0.717, 1.165) is 17.0 Å². The molecule has 2 heterocycles. The van der Waals surface area contributed by atoms with E-state index in [-0.39, 0.29) is 17.9 Å². The number of ether oxygens (including phenoxy) is 1. The second-order valence-corrected chi connectivity index (χ2v) is 8.32. The third-order valence-electron chi connectivity index (χ3n) is 5.09. The molecule has 0 radical (unpaired) electrons. The van der Waals surface area contributed by atoms with E-state index < -0.39 is 10.8 Å². The van der Waals surface area contributed by atoms with Gasteiger partial charge in [-0.2, -0.15) is 0 Å². The number of benzene rings is 2. The summed E-state index contributed by atoms with van der Waals surface area (Å²) in [6.45, 7) is 3.86. The fourth-order valence-corrected chi connectivity index (χ4v) is 4.64. The fourth-order valence-electron chi connectivity index (χ4n) is 3.47. The van der Waals surface area contributed by atoms with Gasteiger partial charge in [0.1, 0.15) is 17.6 Å². The van der Waals surface area contributed by atoms with Crippen molar-refractivity contribution in [3.63, 3.8) is 0 Å². The topological polar surface area (TPSA) is 59.8 Å². The van der Waals surface area contributed by atoms with E-state index in [1.807, 2.05) is 62.4 Å². The van der Waals surface area contributed by atoms with Crippen LogP contribution in [0, 0.1) is 12.8 Å². The number of anilines is 1. The molecule has 1 aromatic heterocycles. The number of aryl methyl sites for hydroxylation is 1. The van der Waals surface area contributed by atoms with Crippen LogP contribution in [0.4, 0.5) is 5.69 Å². The largest absolute Gasteiger partial charge is 0.497 e. The summed E-state index contributed by atoms with van der Waals surface area (Å²) >= 11 is 0. The van der Waals surface area contributed by atoms with Crippen LogP contribution in [-0.4, -0.2) is 17.2 Å².